The Morgan fingerprint density at radius 3 is 2.61 bits per heavy atom. The lowest BCUT2D eigenvalue weighted by Gasteiger charge is -2.33. The van der Waals surface area contributed by atoms with Gasteiger partial charge in [0.15, 0.2) is 5.54 Å². The molecule has 0 aliphatic rings. The molecule has 0 aromatic heterocycles. The standard InChI is InChI=1S/C12H14FNO4/c1-12(11(16)17,14(2)7-15)10-8(13)5-4-6-9(10)18-3/h4-7H,1-3H3,(H,16,17). The van der Waals surface area contributed by atoms with Crippen molar-refractivity contribution >= 4 is 12.4 Å². The summed E-state index contributed by atoms with van der Waals surface area (Å²) in [4.78, 5) is 23.1. The molecule has 0 bridgehead atoms. The van der Waals surface area contributed by atoms with E-state index in [4.69, 9.17) is 4.74 Å². The van der Waals surface area contributed by atoms with E-state index in [9.17, 15) is 19.1 Å². The number of ether oxygens (including phenoxy) is 1. The number of carbonyl (C=O) groups excluding carboxylic acids is 1. The van der Waals surface area contributed by atoms with E-state index in [0.29, 0.717) is 6.41 Å². The highest BCUT2D eigenvalue weighted by molar-refractivity contribution is 5.83. The van der Waals surface area contributed by atoms with Gasteiger partial charge in [0.25, 0.3) is 0 Å². The zero-order chi connectivity index (χ0) is 13.9. The Balaban J connectivity index is 3.58. The topological polar surface area (TPSA) is 66.8 Å². The van der Waals surface area contributed by atoms with Gasteiger partial charge in [-0.15, -0.1) is 0 Å². The maximum absolute atomic E-state index is 13.9. The van der Waals surface area contributed by atoms with Crippen molar-refractivity contribution in [3.63, 3.8) is 0 Å². The molecule has 0 spiro atoms. The van der Waals surface area contributed by atoms with Crippen molar-refractivity contribution in [3.8, 4) is 5.75 Å². The summed E-state index contributed by atoms with van der Waals surface area (Å²) >= 11 is 0. The molecule has 18 heavy (non-hydrogen) atoms. The van der Waals surface area contributed by atoms with E-state index in [1.54, 1.807) is 0 Å². The molecule has 1 N–H and O–H groups in total. The quantitative estimate of drug-likeness (QED) is 0.803. The molecule has 1 aromatic carbocycles. The Morgan fingerprint density at radius 2 is 2.17 bits per heavy atom. The number of hydrogen-bond donors (Lipinski definition) is 1. The first kappa shape index (κ1) is 14.0. The average Bonchev–Trinajstić information content (AvgIpc) is 2.36. The number of aliphatic carboxylic acids is 1. The third-order valence-corrected chi connectivity index (χ3v) is 2.96. The molecular formula is C12H14FNO4. The molecule has 1 unspecified atom stereocenters. The number of methoxy groups -OCH3 is 1. The van der Waals surface area contributed by atoms with E-state index in [0.717, 1.165) is 11.0 Å². The number of halogens is 1. The molecule has 1 amide bonds. The van der Waals surface area contributed by atoms with Crippen LogP contribution in [0, 0.1) is 5.82 Å². The van der Waals surface area contributed by atoms with E-state index in [1.165, 1.54) is 33.2 Å². The molecule has 6 heteroatoms. The number of likely N-dealkylation sites (N-methyl/N-ethyl adjacent to an activating group) is 1. The fourth-order valence-electron chi connectivity index (χ4n) is 1.69. The lowest BCUT2D eigenvalue weighted by Crippen LogP contribution is -2.48. The number of hydrogen-bond acceptors (Lipinski definition) is 3. The maximum Gasteiger partial charge on any atom is 0.334 e. The second-order valence-electron chi connectivity index (χ2n) is 3.91. The molecule has 0 saturated heterocycles. The van der Waals surface area contributed by atoms with Gasteiger partial charge in [-0.05, 0) is 19.1 Å². The summed E-state index contributed by atoms with van der Waals surface area (Å²) in [5, 5.41) is 9.31. The van der Waals surface area contributed by atoms with Gasteiger partial charge in [-0.3, -0.25) is 4.79 Å². The van der Waals surface area contributed by atoms with Crippen LogP contribution < -0.4 is 4.74 Å². The largest absolute Gasteiger partial charge is 0.496 e. The highest BCUT2D eigenvalue weighted by Crippen LogP contribution is 2.35. The van der Waals surface area contributed by atoms with E-state index >= 15 is 0 Å². The molecule has 1 aromatic rings. The molecule has 0 heterocycles. The Morgan fingerprint density at radius 1 is 1.56 bits per heavy atom. The van der Waals surface area contributed by atoms with E-state index in [2.05, 4.69) is 0 Å². The third kappa shape index (κ3) is 2.01. The van der Waals surface area contributed by atoms with Gasteiger partial charge in [0, 0.05) is 7.05 Å². The third-order valence-electron chi connectivity index (χ3n) is 2.96. The van der Waals surface area contributed by atoms with E-state index in [-0.39, 0.29) is 11.3 Å². The summed E-state index contributed by atoms with van der Waals surface area (Å²) in [7, 11) is 2.58. The number of carbonyl (C=O) groups is 2. The fraction of sp³-hybridized carbons (Fsp3) is 0.333. The minimum Gasteiger partial charge on any atom is -0.496 e. The van der Waals surface area contributed by atoms with Crippen LogP contribution in [0.5, 0.6) is 5.75 Å². The second-order valence-corrected chi connectivity index (χ2v) is 3.91. The highest BCUT2D eigenvalue weighted by atomic mass is 19.1. The summed E-state index contributed by atoms with van der Waals surface area (Å²) in [6.07, 6.45) is 0.333. The highest BCUT2D eigenvalue weighted by Gasteiger charge is 2.43. The van der Waals surface area contributed by atoms with Crippen LogP contribution in [0.25, 0.3) is 0 Å². The molecule has 5 nitrogen and oxygen atoms in total. The van der Waals surface area contributed by atoms with Crippen molar-refractivity contribution in [1.82, 2.24) is 4.90 Å². The van der Waals surface area contributed by atoms with Crippen LogP contribution in [0.4, 0.5) is 4.39 Å². The van der Waals surface area contributed by atoms with Crippen molar-refractivity contribution in [2.75, 3.05) is 14.2 Å². The van der Waals surface area contributed by atoms with Crippen LogP contribution in [0.15, 0.2) is 18.2 Å². The SMILES string of the molecule is COc1cccc(F)c1C(C)(C(=O)O)N(C)C=O. The smallest absolute Gasteiger partial charge is 0.334 e. The van der Waals surface area contributed by atoms with Gasteiger partial charge in [0.05, 0.1) is 12.7 Å². The second kappa shape index (κ2) is 5.03. The minimum atomic E-state index is -1.83. The zero-order valence-electron chi connectivity index (χ0n) is 10.3. The average molecular weight is 255 g/mol. The summed E-state index contributed by atoms with van der Waals surface area (Å²) in [5.41, 5.74) is -2.02. The number of amides is 1. The van der Waals surface area contributed by atoms with E-state index < -0.39 is 17.3 Å². The van der Waals surface area contributed by atoms with Gasteiger partial charge >= 0.3 is 5.97 Å². The van der Waals surface area contributed by atoms with Crippen LogP contribution in [0.3, 0.4) is 0 Å². The van der Waals surface area contributed by atoms with Gasteiger partial charge in [-0.1, -0.05) is 6.07 Å². The van der Waals surface area contributed by atoms with E-state index in [1.807, 2.05) is 0 Å². The molecule has 0 fully saturated rings. The van der Waals surface area contributed by atoms with Crippen LogP contribution in [-0.4, -0.2) is 36.5 Å². The fourth-order valence-corrected chi connectivity index (χ4v) is 1.69. The monoisotopic (exact) mass is 255 g/mol. The predicted molar refractivity (Wildman–Crippen MR) is 61.8 cm³/mol. The predicted octanol–water partition coefficient (Wildman–Crippen LogP) is 1.22. The lowest BCUT2D eigenvalue weighted by molar-refractivity contribution is -0.153. The lowest BCUT2D eigenvalue weighted by atomic mass is 9.89. The molecule has 0 aliphatic heterocycles. The number of rotatable bonds is 5. The van der Waals surface area contributed by atoms with Crippen molar-refractivity contribution in [3.05, 3.63) is 29.6 Å². The van der Waals surface area contributed by atoms with Crippen LogP contribution >= 0.6 is 0 Å². The Kier molecular flexibility index (Phi) is 3.90. The van der Waals surface area contributed by atoms with Crippen molar-refractivity contribution in [2.45, 2.75) is 12.5 Å². The number of benzene rings is 1. The maximum atomic E-state index is 13.9. The Hall–Kier alpha value is -2.11. The zero-order valence-corrected chi connectivity index (χ0v) is 10.3. The van der Waals surface area contributed by atoms with Crippen molar-refractivity contribution < 1.29 is 23.8 Å². The molecule has 1 rings (SSSR count). The van der Waals surface area contributed by atoms with Crippen molar-refractivity contribution in [1.29, 1.82) is 0 Å². The summed E-state index contributed by atoms with van der Waals surface area (Å²) < 4.78 is 18.9. The van der Waals surface area contributed by atoms with Gasteiger partial charge in [0.1, 0.15) is 11.6 Å². The van der Waals surface area contributed by atoms with Gasteiger partial charge in [-0.25, -0.2) is 9.18 Å². The van der Waals surface area contributed by atoms with Gasteiger partial charge in [0.2, 0.25) is 6.41 Å². The summed E-state index contributed by atoms with van der Waals surface area (Å²) in [5.74, 6) is -2.01. The first-order chi connectivity index (χ1) is 8.39. The minimum absolute atomic E-state index is 0.0774. The molecule has 0 radical (unpaired) electrons. The van der Waals surface area contributed by atoms with Gasteiger partial charge < -0.3 is 14.7 Å². The molecule has 0 saturated carbocycles. The number of carboxylic acid groups (broad SMARTS) is 1. The Bertz CT molecular complexity index is 477. The van der Waals surface area contributed by atoms with Crippen molar-refractivity contribution in [2.24, 2.45) is 0 Å². The normalized spacial score (nSPS) is 13.6. The van der Waals surface area contributed by atoms with Crippen LogP contribution in [0.1, 0.15) is 12.5 Å². The van der Waals surface area contributed by atoms with Crippen LogP contribution in [-0.2, 0) is 15.1 Å². The number of nitrogens with zero attached hydrogens (tertiary/aromatic N) is 1. The Labute approximate surface area is 104 Å². The summed E-state index contributed by atoms with van der Waals surface area (Å²) in [6.45, 7) is 1.24. The molecule has 98 valence electrons. The number of carboxylic acids is 1. The first-order valence-electron chi connectivity index (χ1n) is 5.14. The molecule has 0 aliphatic carbocycles. The van der Waals surface area contributed by atoms with Gasteiger partial charge in [-0.2, -0.15) is 0 Å². The first-order valence-corrected chi connectivity index (χ1v) is 5.14. The molecular weight excluding hydrogens is 241 g/mol. The molecule has 1 atom stereocenters. The summed E-state index contributed by atoms with van der Waals surface area (Å²) in [6, 6.07) is 3.97. The van der Waals surface area contributed by atoms with Crippen LogP contribution in [0.2, 0.25) is 0 Å².